The summed E-state index contributed by atoms with van der Waals surface area (Å²) in [6.45, 7) is 10.4. The predicted molar refractivity (Wildman–Crippen MR) is 85.1 cm³/mol. The minimum Gasteiger partial charge on any atom is -0.330 e. The summed E-state index contributed by atoms with van der Waals surface area (Å²) in [5.74, 6) is 0. The summed E-state index contributed by atoms with van der Waals surface area (Å²) < 4.78 is 2.05. The molecule has 0 radical (unpaired) electrons. The first-order chi connectivity index (χ1) is 9.32. The Bertz CT molecular complexity index is 466. The molecule has 2 N–H and O–H groups in total. The van der Waals surface area contributed by atoms with E-state index in [-0.39, 0.29) is 5.41 Å². The zero-order valence-electron chi connectivity index (χ0n) is 13.3. The van der Waals surface area contributed by atoms with Crippen molar-refractivity contribution in [2.75, 3.05) is 6.54 Å². The van der Waals surface area contributed by atoms with E-state index in [4.69, 9.17) is 17.3 Å². The van der Waals surface area contributed by atoms with E-state index in [2.05, 4.69) is 30.6 Å². The molecule has 1 aromatic rings. The average molecular weight is 298 g/mol. The van der Waals surface area contributed by atoms with Crippen LogP contribution in [0.1, 0.15) is 57.8 Å². The fourth-order valence-electron chi connectivity index (χ4n) is 3.30. The van der Waals surface area contributed by atoms with Gasteiger partial charge < -0.3 is 5.73 Å². The summed E-state index contributed by atoms with van der Waals surface area (Å²) in [5, 5.41) is 5.37. The molecule has 0 spiro atoms. The molecule has 114 valence electrons. The zero-order valence-corrected chi connectivity index (χ0v) is 14.1. The molecule has 0 aromatic carbocycles. The van der Waals surface area contributed by atoms with Gasteiger partial charge in [-0.25, -0.2) is 0 Å². The van der Waals surface area contributed by atoms with Crippen LogP contribution in [0, 0.1) is 17.8 Å². The van der Waals surface area contributed by atoms with Gasteiger partial charge in [0, 0.05) is 6.54 Å². The first-order valence-corrected chi connectivity index (χ1v) is 8.12. The summed E-state index contributed by atoms with van der Waals surface area (Å²) in [7, 11) is 0. The van der Waals surface area contributed by atoms with Gasteiger partial charge in [0.2, 0.25) is 0 Å². The van der Waals surface area contributed by atoms with Crippen LogP contribution < -0.4 is 5.73 Å². The summed E-state index contributed by atoms with van der Waals surface area (Å²) in [4.78, 5) is 0. The van der Waals surface area contributed by atoms with Crippen molar-refractivity contribution in [2.24, 2.45) is 16.6 Å². The van der Waals surface area contributed by atoms with Crippen molar-refractivity contribution in [3.8, 4) is 0 Å². The third kappa shape index (κ3) is 3.04. The molecule has 1 aromatic heterocycles. The third-order valence-electron chi connectivity index (χ3n) is 5.09. The maximum absolute atomic E-state index is 6.46. The molecule has 4 heteroatoms. The summed E-state index contributed by atoms with van der Waals surface area (Å²) in [5.41, 5.74) is 8.93. The molecule has 0 unspecified atom stereocenters. The van der Waals surface area contributed by atoms with Crippen LogP contribution in [0.3, 0.4) is 0 Å². The van der Waals surface area contributed by atoms with Crippen LogP contribution in [0.4, 0.5) is 0 Å². The van der Waals surface area contributed by atoms with Crippen LogP contribution >= 0.6 is 11.6 Å². The van der Waals surface area contributed by atoms with Gasteiger partial charge in [0.1, 0.15) is 0 Å². The Morgan fingerprint density at radius 2 is 1.85 bits per heavy atom. The molecular weight excluding hydrogens is 270 g/mol. The number of halogens is 1. The highest BCUT2D eigenvalue weighted by Gasteiger charge is 2.38. The first-order valence-electron chi connectivity index (χ1n) is 7.74. The molecular formula is C16H28ClN3. The van der Waals surface area contributed by atoms with E-state index in [1.807, 2.05) is 6.92 Å². The maximum atomic E-state index is 6.46. The monoisotopic (exact) mass is 297 g/mol. The number of nitrogens with zero attached hydrogens (tertiary/aromatic N) is 2. The summed E-state index contributed by atoms with van der Waals surface area (Å²) in [6, 6.07) is 0. The first kappa shape index (κ1) is 15.8. The van der Waals surface area contributed by atoms with Gasteiger partial charge in [-0.1, -0.05) is 25.4 Å². The molecule has 0 saturated heterocycles. The average Bonchev–Trinajstić information content (AvgIpc) is 2.69. The normalized spacial score (nSPS) is 21.1. The Labute approximate surface area is 127 Å². The van der Waals surface area contributed by atoms with Crippen molar-refractivity contribution in [2.45, 2.75) is 66.3 Å². The molecule has 0 bridgehead atoms. The molecule has 1 aliphatic carbocycles. The van der Waals surface area contributed by atoms with Gasteiger partial charge in [-0.3, -0.25) is 4.68 Å². The molecule has 1 fully saturated rings. The molecule has 0 amide bonds. The molecule has 0 aliphatic heterocycles. The number of aromatic nitrogens is 2. The summed E-state index contributed by atoms with van der Waals surface area (Å²) >= 11 is 6.46. The maximum Gasteiger partial charge on any atom is 0.0847 e. The Kier molecular flexibility index (Phi) is 4.50. The van der Waals surface area contributed by atoms with Crippen LogP contribution in [0.5, 0.6) is 0 Å². The quantitative estimate of drug-likeness (QED) is 0.914. The molecule has 20 heavy (non-hydrogen) atoms. The van der Waals surface area contributed by atoms with E-state index in [0.717, 1.165) is 30.2 Å². The number of nitrogens with two attached hydrogens (primary N) is 1. The van der Waals surface area contributed by atoms with Crippen molar-refractivity contribution >= 4 is 11.6 Å². The fourth-order valence-corrected chi connectivity index (χ4v) is 3.51. The van der Waals surface area contributed by atoms with Crippen LogP contribution in [0.2, 0.25) is 5.02 Å². The van der Waals surface area contributed by atoms with E-state index in [0.29, 0.717) is 5.41 Å². The lowest BCUT2D eigenvalue weighted by molar-refractivity contribution is 0.106. The second-order valence-corrected chi connectivity index (χ2v) is 7.58. The topological polar surface area (TPSA) is 43.8 Å². The van der Waals surface area contributed by atoms with E-state index >= 15 is 0 Å². The Balaban J connectivity index is 2.23. The Morgan fingerprint density at radius 1 is 1.25 bits per heavy atom. The fraction of sp³-hybridized carbons (Fsp3) is 0.812. The SMILES string of the molecule is CCn1nc(C)c(Cl)c1CC1(CN)CCC(C)(C)CC1. The molecule has 1 saturated carbocycles. The van der Waals surface area contributed by atoms with Crippen LogP contribution in [0.15, 0.2) is 0 Å². The van der Waals surface area contributed by atoms with Gasteiger partial charge in [-0.05, 0) is 63.3 Å². The lowest BCUT2D eigenvalue weighted by atomic mass is 9.63. The smallest absolute Gasteiger partial charge is 0.0847 e. The minimum absolute atomic E-state index is 0.207. The predicted octanol–water partition coefficient (Wildman–Crippen LogP) is 3.95. The Hall–Kier alpha value is -0.540. The van der Waals surface area contributed by atoms with E-state index in [1.165, 1.54) is 31.4 Å². The lowest BCUT2D eigenvalue weighted by Crippen LogP contribution is -2.39. The molecule has 2 rings (SSSR count). The highest BCUT2D eigenvalue weighted by Crippen LogP contribution is 2.46. The Morgan fingerprint density at radius 3 is 2.35 bits per heavy atom. The molecule has 0 atom stereocenters. The van der Waals surface area contributed by atoms with E-state index < -0.39 is 0 Å². The van der Waals surface area contributed by atoms with Crippen molar-refractivity contribution < 1.29 is 0 Å². The highest BCUT2D eigenvalue weighted by molar-refractivity contribution is 6.31. The largest absolute Gasteiger partial charge is 0.330 e. The molecule has 3 nitrogen and oxygen atoms in total. The van der Waals surface area contributed by atoms with Gasteiger partial charge in [0.25, 0.3) is 0 Å². The number of hydrogen-bond acceptors (Lipinski definition) is 2. The van der Waals surface area contributed by atoms with Gasteiger partial charge in [-0.15, -0.1) is 0 Å². The number of rotatable bonds is 4. The number of hydrogen-bond donors (Lipinski definition) is 1. The van der Waals surface area contributed by atoms with Crippen molar-refractivity contribution in [1.29, 1.82) is 0 Å². The molecule has 1 aliphatic rings. The third-order valence-corrected chi connectivity index (χ3v) is 5.58. The highest BCUT2D eigenvalue weighted by atomic mass is 35.5. The van der Waals surface area contributed by atoms with Gasteiger partial charge >= 0.3 is 0 Å². The van der Waals surface area contributed by atoms with E-state index in [9.17, 15) is 0 Å². The summed E-state index contributed by atoms with van der Waals surface area (Å²) in [6.07, 6.45) is 5.86. The second kappa shape index (κ2) is 5.69. The van der Waals surface area contributed by atoms with Crippen molar-refractivity contribution in [1.82, 2.24) is 9.78 Å². The van der Waals surface area contributed by atoms with Gasteiger partial charge in [-0.2, -0.15) is 5.10 Å². The number of aryl methyl sites for hydroxylation is 2. The standard InChI is InChI=1S/C16H28ClN3/c1-5-20-13(14(17)12(2)19-20)10-16(11-18)8-6-15(3,4)7-9-16/h5-11,18H2,1-4H3. The van der Waals surface area contributed by atoms with Gasteiger partial charge in [0.05, 0.1) is 16.4 Å². The van der Waals surface area contributed by atoms with Gasteiger partial charge in [0.15, 0.2) is 0 Å². The second-order valence-electron chi connectivity index (χ2n) is 7.21. The van der Waals surface area contributed by atoms with E-state index in [1.54, 1.807) is 0 Å². The minimum atomic E-state index is 0.207. The van der Waals surface area contributed by atoms with Crippen LogP contribution in [0.25, 0.3) is 0 Å². The molecule has 1 heterocycles. The van der Waals surface area contributed by atoms with Crippen LogP contribution in [-0.2, 0) is 13.0 Å². The zero-order chi connectivity index (χ0) is 15.0. The lowest BCUT2D eigenvalue weighted by Gasteiger charge is -2.43. The van der Waals surface area contributed by atoms with Crippen LogP contribution in [-0.4, -0.2) is 16.3 Å². The van der Waals surface area contributed by atoms with Crippen molar-refractivity contribution in [3.05, 3.63) is 16.4 Å². The van der Waals surface area contributed by atoms with Crippen molar-refractivity contribution in [3.63, 3.8) is 0 Å².